The van der Waals surface area contributed by atoms with Crippen LogP contribution in [0.15, 0.2) is 24.3 Å². The average molecular weight is 298 g/mol. The Kier molecular flexibility index (Phi) is 8.92. The summed E-state index contributed by atoms with van der Waals surface area (Å²) in [5.41, 5.74) is 1.32. The van der Waals surface area contributed by atoms with Gasteiger partial charge in [0.25, 0.3) is 0 Å². The first kappa shape index (κ1) is 17.5. The maximum Gasteiger partial charge on any atom is 0.0464 e. The summed E-state index contributed by atoms with van der Waals surface area (Å²) in [6.45, 7) is 7.50. The molecule has 2 unspecified atom stereocenters. The fourth-order valence-corrected chi connectivity index (χ4v) is 2.66. The molecule has 1 rings (SSSR count). The van der Waals surface area contributed by atoms with Gasteiger partial charge in [0.05, 0.1) is 0 Å². The zero-order valence-electron chi connectivity index (χ0n) is 13.0. The summed E-state index contributed by atoms with van der Waals surface area (Å²) in [7, 11) is 1.77. The molecule has 0 radical (unpaired) electrons. The van der Waals surface area contributed by atoms with Crippen molar-refractivity contribution >= 4 is 11.6 Å². The van der Waals surface area contributed by atoms with E-state index in [9.17, 15) is 0 Å². The monoisotopic (exact) mass is 297 g/mol. The molecule has 0 heterocycles. The molecular weight excluding hydrogens is 270 g/mol. The van der Waals surface area contributed by atoms with E-state index in [0.717, 1.165) is 37.6 Å². The number of hydrogen-bond donors (Lipinski definition) is 1. The van der Waals surface area contributed by atoms with Crippen molar-refractivity contribution in [3.05, 3.63) is 34.9 Å². The Bertz CT molecular complexity index is 370. The van der Waals surface area contributed by atoms with Gasteiger partial charge >= 0.3 is 0 Å². The lowest BCUT2D eigenvalue weighted by Gasteiger charge is -2.24. The zero-order valence-corrected chi connectivity index (χ0v) is 13.7. The summed E-state index contributed by atoms with van der Waals surface area (Å²) in [5, 5.41) is 4.38. The molecule has 2 atom stereocenters. The van der Waals surface area contributed by atoms with E-state index < -0.39 is 0 Å². The van der Waals surface area contributed by atoms with E-state index in [-0.39, 0.29) is 0 Å². The molecule has 0 aromatic heterocycles. The largest absolute Gasteiger partial charge is 0.385 e. The quantitative estimate of drug-likeness (QED) is 0.654. The van der Waals surface area contributed by atoms with Gasteiger partial charge in [0.1, 0.15) is 0 Å². The second-order valence-corrected chi connectivity index (χ2v) is 5.99. The Labute approximate surface area is 128 Å². The minimum atomic E-state index is 0.621. The SMILES string of the molecule is CCCNCC(Cc1cccc(Cl)c1)C(C)CCOC. The van der Waals surface area contributed by atoms with E-state index in [0.29, 0.717) is 11.8 Å². The van der Waals surface area contributed by atoms with Crippen LogP contribution < -0.4 is 5.32 Å². The van der Waals surface area contributed by atoms with Gasteiger partial charge < -0.3 is 10.1 Å². The van der Waals surface area contributed by atoms with Crippen molar-refractivity contribution < 1.29 is 4.74 Å². The maximum atomic E-state index is 6.08. The maximum absolute atomic E-state index is 6.08. The number of rotatable bonds is 10. The van der Waals surface area contributed by atoms with Crippen LogP contribution in [0.5, 0.6) is 0 Å². The van der Waals surface area contributed by atoms with E-state index in [1.54, 1.807) is 7.11 Å². The fraction of sp³-hybridized carbons (Fsp3) is 0.647. The number of benzene rings is 1. The molecule has 20 heavy (non-hydrogen) atoms. The van der Waals surface area contributed by atoms with E-state index >= 15 is 0 Å². The Morgan fingerprint density at radius 2 is 2.15 bits per heavy atom. The van der Waals surface area contributed by atoms with Crippen LogP contribution >= 0.6 is 11.6 Å². The topological polar surface area (TPSA) is 21.3 Å². The van der Waals surface area contributed by atoms with Crippen molar-refractivity contribution in [3.63, 3.8) is 0 Å². The summed E-state index contributed by atoms with van der Waals surface area (Å²) in [4.78, 5) is 0. The van der Waals surface area contributed by atoms with Gasteiger partial charge in [-0.05, 0) is 61.9 Å². The van der Waals surface area contributed by atoms with Crippen LogP contribution in [0.2, 0.25) is 5.02 Å². The lowest BCUT2D eigenvalue weighted by Crippen LogP contribution is -2.30. The Morgan fingerprint density at radius 1 is 1.35 bits per heavy atom. The standard InChI is InChI=1S/C17H28ClNO/c1-4-9-19-13-16(14(2)8-10-20-3)11-15-6-5-7-17(18)12-15/h5-7,12,14,16,19H,4,8-11,13H2,1-3H3. The molecule has 0 saturated heterocycles. The zero-order chi connectivity index (χ0) is 14.8. The molecule has 0 spiro atoms. The van der Waals surface area contributed by atoms with E-state index in [4.69, 9.17) is 16.3 Å². The molecule has 2 nitrogen and oxygen atoms in total. The summed E-state index contributed by atoms with van der Waals surface area (Å²) < 4.78 is 5.22. The van der Waals surface area contributed by atoms with Crippen LogP contribution in [0, 0.1) is 11.8 Å². The third-order valence-electron chi connectivity index (χ3n) is 3.80. The van der Waals surface area contributed by atoms with Gasteiger partial charge in [-0.2, -0.15) is 0 Å². The number of halogens is 1. The van der Waals surface area contributed by atoms with Crippen molar-refractivity contribution in [1.82, 2.24) is 5.32 Å². The minimum Gasteiger partial charge on any atom is -0.385 e. The second-order valence-electron chi connectivity index (χ2n) is 5.56. The average Bonchev–Trinajstić information content (AvgIpc) is 2.44. The van der Waals surface area contributed by atoms with E-state index in [1.807, 2.05) is 12.1 Å². The molecule has 1 aromatic rings. The Hall–Kier alpha value is -0.570. The van der Waals surface area contributed by atoms with Gasteiger partial charge in [-0.15, -0.1) is 0 Å². The van der Waals surface area contributed by atoms with Crippen molar-refractivity contribution in [2.24, 2.45) is 11.8 Å². The van der Waals surface area contributed by atoms with Crippen molar-refractivity contribution in [3.8, 4) is 0 Å². The molecule has 114 valence electrons. The summed E-state index contributed by atoms with van der Waals surface area (Å²) in [6.07, 6.45) is 3.36. The van der Waals surface area contributed by atoms with E-state index in [1.165, 1.54) is 12.0 Å². The van der Waals surface area contributed by atoms with Crippen LogP contribution in [0.4, 0.5) is 0 Å². The smallest absolute Gasteiger partial charge is 0.0464 e. The number of nitrogens with one attached hydrogen (secondary N) is 1. The molecule has 0 saturated carbocycles. The lowest BCUT2D eigenvalue weighted by atomic mass is 9.86. The molecule has 0 bridgehead atoms. The van der Waals surface area contributed by atoms with Gasteiger partial charge in [0.2, 0.25) is 0 Å². The van der Waals surface area contributed by atoms with Crippen LogP contribution in [0.1, 0.15) is 32.3 Å². The van der Waals surface area contributed by atoms with Crippen molar-refractivity contribution in [1.29, 1.82) is 0 Å². The molecule has 0 fully saturated rings. The first-order chi connectivity index (χ1) is 9.67. The van der Waals surface area contributed by atoms with Crippen LogP contribution in [-0.4, -0.2) is 26.8 Å². The highest BCUT2D eigenvalue weighted by molar-refractivity contribution is 6.30. The Balaban J connectivity index is 2.60. The highest BCUT2D eigenvalue weighted by Gasteiger charge is 2.17. The number of ether oxygens (including phenoxy) is 1. The number of hydrogen-bond acceptors (Lipinski definition) is 2. The third kappa shape index (κ3) is 6.74. The van der Waals surface area contributed by atoms with Gasteiger partial charge in [0.15, 0.2) is 0 Å². The molecule has 0 aliphatic carbocycles. The fourth-order valence-electron chi connectivity index (χ4n) is 2.44. The third-order valence-corrected chi connectivity index (χ3v) is 4.04. The summed E-state index contributed by atoms with van der Waals surface area (Å²) in [6, 6.07) is 8.22. The van der Waals surface area contributed by atoms with Gasteiger partial charge in [0, 0.05) is 18.7 Å². The van der Waals surface area contributed by atoms with Gasteiger partial charge in [-0.1, -0.05) is 37.6 Å². The first-order valence-corrected chi connectivity index (χ1v) is 7.99. The van der Waals surface area contributed by atoms with Gasteiger partial charge in [-0.3, -0.25) is 0 Å². The van der Waals surface area contributed by atoms with Crippen LogP contribution in [0.3, 0.4) is 0 Å². The molecule has 1 aromatic carbocycles. The van der Waals surface area contributed by atoms with Crippen LogP contribution in [0.25, 0.3) is 0 Å². The molecule has 0 amide bonds. The molecule has 3 heteroatoms. The minimum absolute atomic E-state index is 0.621. The molecular formula is C17H28ClNO. The predicted molar refractivity (Wildman–Crippen MR) is 87.5 cm³/mol. The normalized spacial score (nSPS) is 14.2. The van der Waals surface area contributed by atoms with Crippen molar-refractivity contribution in [2.75, 3.05) is 26.8 Å². The summed E-state index contributed by atoms with van der Waals surface area (Å²) >= 11 is 6.08. The van der Waals surface area contributed by atoms with Gasteiger partial charge in [-0.25, -0.2) is 0 Å². The predicted octanol–water partition coefficient (Wildman–Crippen LogP) is 4.17. The van der Waals surface area contributed by atoms with E-state index in [2.05, 4.69) is 31.3 Å². The summed E-state index contributed by atoms with van der Waals surface area (Å²) in [5.74, 6) is 1.26. The highest BCUT2D eigenvalue weighted by atomic mass is 35.5. The molecule has 1 N–H and O–H groups in total. The van der Waals surface area contributed by atoms with Crippen LogP contribution in [-0.2, 0) is 11.2 Å². The highest BCUT2D eigenvalue weighted by Crippen LogP contribution is 2.22. The first-order valence-electron chi connectivity index (χ1n) is 7.61. The molecule has 0 aliphatic heterocycles. The van der Waals surface area contributed by atoms with Crippen molar-refractivity contribution in [2.45, 2.75) is 33.1 Å². The Morgan fingerprint density at radius 3 is 2.80 bits per heavy atom. The lowest BCUT2D eigenvalue weighted by molar-refractivity contribution is 0.164. The molecule has 0 aliphatic rings. The number of methoxy groups -OCH3 is 1. The second kappa shape index (κ2) is 10.2.